The van der Waals surface area contributed by atoms with Gasteiger partial charge in [-0.25, -0.2) is 0 Å². The van der Waals surface area contributed by atoms with Crippen LogP contribution in [0.5, 0.6) is 5.75 Å². The Morgan fingerprint density at radius 3 is 2.72 bits per heavy atom. The first kappa shape index (κ1) is 11.4. The first-order chi connectivity index (χ1) is 8.61. The average molecular weight is 246 g/mol. The Bertz CT molecular complexity index is 493. The lowest BCUT2D eigenvalue weighted by molar-refractivity contribution is -0.123. The van der Waals surface area contributed by atoms with Crippen molar-refractivity contribution in [3.63, 3.8) is 0 Å². The zero-order chi connectivity index (χ0) is 12.8. The van der Waals surface area contributed by atoms with Gasteiger partial charge >= 0.3 is 0 Å². The molecule has 0 aromatic heterocycles. The molecule has 0 bridgehead atoms. The molecule has 0 unspecified atom stereocenters. The summed E-state index contributed by atoms with van der Waals surface area (Å²) < 4.78 is 5.73. The van der Waals surface area contributed by atoms with Crippen molar-refractivity contribution in [2.75, 3.05) is 10.6 Å². The number of fused-ring (bicyclic) bond motifs is 1. The summed E-state index contributed by atoms with van der Waals surface area (Å²) in [6, 6.07) is 5.83. The molecule has 1 spiro atoms. The van der Waals surface area contributed by atoms with Crippen LogP contribution in [0.4, 0.5) is 11.4 Å². The van der Waals surface area contributed by atoms with Crippen molar-refractivity contribution >= 4 is 17.3 Å². The first-order valence-electron chi connectivity index (χ1n) is 6.50. The largest absolute Gasteiger partial charge is 0.489 e. The molecule has 96 valence electrons. The van der Waals surface area contributed by atoms with Crippen LogP contribution in [0.25, 0.3) is 0 Å². The molecule has 3 rings (SSSR count). The van der Waals surface area contributed by atoms with E-state index < -0.39 is 0 Å². The second kappa shape index (κ2) is 3.90. The van der Waals surface area contributed by atoms with Gasteiger partial charge in [-0.3, -0.25) is 4.79 Å². The fourth-order valence-corrected chi connectivity index (χ4v) is 2.55. The number of rotatable bonds is 2. The van der Waals surface area contributed by atoms with Crippen molar-refractivity contribution in [2.45, 2.75) is 44.8 Å². The van der Waals surface area contributed by atoms with Gasteiger partial charge in [-0.15, -0.1) is 0 Å². The lowest BCUT2D eigenvalue weighted by Crippen LogP contribution is -2.57. The predicted molar refractivity (Wildman–Crippen MR) is 71.0 cm³/mol. The van der Waals surface area contributed by atoms with E-state index in [1.54, 1.807) is 0 Å². The quantitative estimate of drug-likeness (QED) is 0.843. The molecule has 0 atom stereocenters. The minimum Gasteiger partial charge on any atom is -0.489 e. The van der Waals surface area contributed by atoms with Crippen LogP contribution in [-0.2, 0) is 4.79 Å². The fraction of sp³-hybridized carbons (Fsp3) is 0.500. The van der Waals surface area contributed by atoms with Gasteiger partial charge in [-0.1, -0.05) is 6.07 Å². The van der Waals surface area contributed by atoms with Gasteiger partial charge in [0.1, 0.15) is 17.0 Å². The van der Waals surface area contributed by atoms with Crippen LogP contribution in [0, 0.1) is 0 Å². The van der Waals surface area contributed by atoms with E-state index in [4.69, 9.17) is 4.74 Å². The molecule has 1 fully saturated rings. The predicted octanol–water partition coefficient (Wildman–Crippen LogP) is 2.76. The summed E-state index contributed by atoms with van der Waals surface area (Å²) in [5.74, 6) is 0.804. The number of hydrogen-bond donors (Lipinski definition) is 2. The summed E-state index contributed by atoms with van der Waals surface area (Å²) in [6.07, 6.45) is 3.02. The van der Waals surface area contributed by atoms with Crippen LogP contribution in [0.3, 0.4) is 0 Å². The van der Waals surface area contributed by atoms with E-state index in [2.05, 4.69) is 10.6 Å². The van der Waals surface area contributed by atoms with Gasteiger partial charge in [0.05, 0.1) is 11.8 Å². The van der Waals surface area contributed by atoms with Crippen molar-refractivity contribution in [3.8, 4) is 5.75 Å². The molecule has 1 saturated carbocycles. The molecule has 2 aliphatic rings. The Balaban J connectivity index is 1.96. The van der Waals surface area contributed by atoms with E-state index >= 15 is 0 Å². The molecule has 4 nitrogen and oxygen atoms in total. The summed E-state index contributed by atoms with van der Waals surface area (Å²) >= 11 is 0. The highest BCUT2D eigenvalue weighted by Gasteiger charge is 2.47. The molecule has 1 aromatic rings. The zero-order valence-corrected chi connectivity index (χ0v) is 10.7. The zero-order valence-electron chi connectivity index (χ0n) is 10.7. The summed E-state index contributed by atoms with van der Waals surface area (Å²) in [5, 5.41) is 6.38. The van der Waals surface area contributed by atoms with Gasteiger partial charge in [0.15, 0.2) is 0 Å². The Morgan fingerprint density at radius 1 is 1.33 bits per heavy atom. The molecule has 1 amide bonds. The molecule has 4 heteroatoms. The number of amides is 1. The summed E-state index contributed by atoms with van der Waals surface area (Å²) in [6.45, 7) is 3.95. The first-order valence-corrected chi connectivity index (χ1v) is 6.50. The molecular weight excluding hydrogens is 228 g/mol. The molecule has 1 heterocycles. The summed E-state index contributed by atoms with van der Waals surface area (Å²) in [4.78, 5) is 12.2. The van der Waals surface area contributed by atoms with E-state index in [1.165, 1.54) is 0 Å². The Labute approximate surface area is 107 Å². The molecule has 0 saturated heterocycles. The molecule has 1 aliphatic carbocycles. The molecule has 1 aliphatic heterocycles. The minimum absolute atomic E-state index is 0.0704. The number of carbonyl (C=O) groups excluding carboxylic acids is 1. The second-order valence-electron chi connectivity index (χ2n) is 5.36. The van der Waals surface area contributed by atoms with Crippen LogP contribution in [0.1, 0.15) is 33.1 Å². The maximum atomic E-state index is 12.2. The van der Waals surface area contributed by atoms with Crippen molar-refractivity contribution in [1.29, 1.82) is 0 Å². The van der Waals surface area contributed by atoms with Crippen LogP contribution in [-0.4, -0.2) is 17.6 Å². The van der Waals surface area contributed by atoms with E-state index in [9.17, 15) is 4.79 Å². The number of anilines is 2. The number of benzene rings is 1. The maximum absolute atomic E-state index is 12.2. The third-order valence-corrected chi connectivity index (χ3v) is 3.64. The van der Waals surface area contributed by atoms with Gasteiger partial charge in [0, 0.05) is 0 Å². The van der Waals surface area contributed by atoms with E-state index in [1.807, 2.05) is 32.0 Å². The van der Waals surface area contributed by atoms with Crippen LogP contribution < -0.4 is 15.4 Å². The monoisotopic (exact) mass is 246 g/mol. The van der Waals surface area contributed by atoms with Gasteiger partial charge in [0.25, 0.3) is 0 Å². The second-order valence-corrected chi connectivity index (χ2v) is 5.36. The van der Waals surface area contributed by atoms with Gasteiger partial charge in [-0.2, -0.15) is 0 Å². The Kier molecular flexibility index (Phi) is 2.47. The van der Waals surface area contributed by atoms with Crippen molar-refractivity contribution in [1.82, 2.24) is 0 Å². The fourth-order valence-electron chi connectivity index (χ4n) is 2.55. The SMILES string of the molecule is CC(C)Oc1cccc2c1NC(=O)C1(CCC1)N2. The molecular formula is C14H18N2O2. The van der Waals surface area contributed by atoms with E-state index in [0.717, 1.165) is 36.4 Å². The highest BCUT2D eigenvalue weighted by molar-refractivity contribution is 6.08. The highest BCUT2D eigenvalue weighted by atomic mass is 16.5. The van der Waals surface area contributed by atoms with E-state index in [-0.39, 0.29) is 17.6 Å². The van der Waals surface area contributed by atoms with Gasteiger partial charge in [0.2, 0.25) is 5.91 Å². The normalized spacial score (nSPS) is 19.8. The number of carbonyl (C=O) groups is 1. The number of hydrogen-bond acceptors (Lipinski definition) is 3. The van der Waals surface area contributed by atoms with Gasteiger partial charge < -0.3 is 15.4 Å². The smallest absolute Gasteiger partial charge is 0.250 e. The highest BCUT2D eigenvalue weighted by Crippen LogP contribution is 2.45. The number of para-hydroxylation sites is 1. The Hall–Kier alpha value is -1.71. The van der Waals surface area contributed by atoms with Crippen LogP contribution >= 0.6 is 0 Å². The Morgan fingerprint density at radius 2 is 2.11 bits per heavy atom. The molecule has 18 heavy (non-hydrogen) atoms. The molecule has 2 N–H and O–H groups in total. The van der Waals surface area contributed by atoms with E-state index in [0.29, 0.717) is 0 Å². The van der Waals surface area contributed by atoms with Gasteiger partial charge in [-0.05, 0) is 45.2 Å². The standard InChI is InChI=1S/C14H18N2O2/c1-9(2)18-11-6-3-5-10-12(11)15-13(17)14(16-10)7-4-8-14/h3,5-6,9,16H,4,7-8H2,1-2H3,(H,15,17). The number of nitrogens with one attached hydrogen (secondary N) is 2. The topological polar surface area (TPSA) is 50.4 Å². The maximum Gasteiger partial charge on any atom is 0.250 e. The lowest BCUT2D eigenvalue weighted by atomic mass is 9.74. The average Bonchev–Trinajstić information content (AvgIpc) is 2.26. The molecule has 1 aromatic carbocycles. The van der Waals surface area contributed by atoms with Crippen molar-refractivity contribution < 1.29 is 9.53 Å². The number of ether oxygens (including phenoxy) is 1. The summed E-state index contributed by atoms with van der Waals surface area (Å²) in [5.41, 5.74) is 1.37. The van der Waals surface area contributed by atoms with Crippen molar-refractivity contribution in [3.05, 3.63) is 18.2 Å². The minimum atomic E-state index is -0.372. The van der Waals surface area contributed by atoms with Crippen LogP contribution in [0.2, 0.25) is 0 Å². The molecule has 0 radical (unpaired) electrons. The summed E-state index contributed by atoms with van der Waals surface area (Å²) in [7, 11) is 0. The van der Waals surface area contributed by atoms with Crippen LogP contribution in [0.15, 0.2) is 18.2 Å². The third kappa shape index (κ3) is 1.64. The van der Waals surface area contributed by atoms with Crippen molar-refractivity contribution in [2.24, 2.45) is 0 Å². The third-order valence-electron chi connectivity index (χ3n) is 3.64. The lowest BCUT2D eigenvalue weighted by Gasteiger charge is -2.45.